The van der Waals surface area contributed by atoms with Crippen molar-refractivity contribution in [1.82, 2.24) is 24.6 Å². The molecule has 0 radical (unpaired) electrons. The standard InChI is InChI=1S/C20H31N5O3/c26-20(23-9-11-27-12-10-23)28-14-17-3-1-2-8-24(17)13-18-21-22-19(15-4-5-15)25(18)16-6-7-16/h15-17H,1-14H2. The molecular weight excluding hydrogens is 358 g/mol. The number of hydrogen-bond acceptors (Lipinski definition) is 6. The van der Waals surface area contributed by atoms with Gasteiger partial charge in [0.2, 0.25) is 0 Å². The number of likely N-dealkylation sites (tertiary alicyclic amines) is 1. The third-order valence-corrected chi connectivity index (χ3v) is 6.41. The van der Waals surface area contributed by atoms with Gasteiger partial charge in [0.05, 0.1) is 19.8 Å². The molecule has 8 heteroatoms. The molecule has 4 fully saturated rings. The summed E-state index contributed by atoms with van der Waals surface area (Å²) in [4.78, 5) is 16.6. The van der Waals surface area contributed by atoms with Crippen LogP contribution < -0.4 is 0 Å². The molecule has 154 valence electrons. The zero-order chi connectivity index (χ0) is 18.9. The van der Waals surface area contributed by atoms with E-state index < -0.39 is 0 Å². The van der Waals surface area contributed by atoms with E-state index in [1.54, 1.807) is 4.90 Å². The van der Waals surface area contributed by atoms with Crippen molar-refractivity contribution in [1.29, 1.82) is 0 Å². The highest BCUT2D eigenvalue weighted by atomic mass is 16.6. The molecule has 0 aromatic carbocycles. The monoisotopic (exact) mass is 389 g/mol. The molecular formula is C20H31N5O3. The summed E-state index contributed by atoms with van der Waals surface area (Å²) >= 11 is 0. The van der Waals surface area contributed by atoms with Gasteiger partial charge in [0, 0.05) is 31.1 Å². The summed E-state index contributed by atoms with van der Waals surface area (Å²) in [7, 11) is 0. The summed E-state index contributed by atoms with van der Waals surface area (Å²) in [6.07, 6.45) is 8.29. The highest BCUT2D eigenvalue weighted by Gasteiger charge is 2.37. The van der Waals surface area contributed by atoms with Crippen LogP contribution in [0.3, 0.4) is 0 Å². The van der Waals surface area contributed by atoms with Crippen LogP contribution >= 0.6 is 0 Å². The second kappa shape index (κ2) is 7.99. The zero-order valence-corrected chi connectivity index (χ0v) is 16.6. The molecule has 0 bridgehead atoms. The maximum Gasteiger partial charge on any atom is 0.409 e. The van der Waals surface area contributed by atoms with Gasteiger partial charge in [-0.25, -0.2) is 4.79 Å². The van der Waals surface area contributed by atoms with Crippen molar-refractivity contribution in [3.63, 3.8) is 0 Å². The molecule has 2 aliphatic heterocycles. The Balaban J connectivity index is 1.22. The Morgan fingerprint density at radius 1 is 1.04 bits per heavy atom. The Morgan fingerprint density at radius 3 is 2.61 bits per heavy atom. The Kier molecular flexibility index (Phi) is 5.24. The molecule has 28 heavy (non-hydrogen) atoms. The number of ether oxygens (including phenoxy) is 2. The van der Waals surface area contributed by atoms with Crippen molar-refractivity contribution in [2.24, 2.45) is 0 Å². The Bertz CT molecular complexity index is 694. The zero-order valence-electron chi connectivity index (χ0n) is 16.6. The number of hydrogen-bond donors (Lipinski definition) is 0. The highest BCUT2D eigenvalue weighted by Crippen LogP contribution is 2.44. The number of rotatable bonds is 6. The lowest BCUT2D eigenvalue weighted by atomic mass is 10.0. The molecule has 1 atom stereocenters. The van der Waals surface area contributed by atoms with Crippen LogP contribution in [0.25, 0.3) is 0 Å². The van der Waals surface area contributed by atoms with Gasteiger partial charge in [-0.15, -0.1) is 10.2 Å². The third-order valence-electron chi connectivity index (χ3n) is 6.41. The molecule has 2 aliphatic carbocycles. The van der Waals surface area contributed by atoms with Crippen LogP contribution in [0.5, 0.6) is 0 Å². The van der Waals surface area contributed by atoms with E-state index in [0.717, 1.165) is 25.3 Å². The largest absolute Gasteiger partial charge is 0.448 e. The molecule has 1 unspecified atom stereocenters. The Hall–Kier alpha value is -1.67. The maximum absolute atomic E-state index is 12.3. The first-order valence-electron chi connectivity index (χ1n) is 11.0. The smallest absolute Gasteiger partial charge is 0.409 e. The van der Waals surface area contributed by atoms with Crippen molar-refractivity contribution in [2.75, 3.05) is 39.5 Å². The van der Waals surface area contributed by atoms with Gasteiger partial charge in [0.15, 0.2) is 0 Å². The first kappa shape index (κ1) is 18.4. The van der Waals surface area contributed by atoms with Gasteiger partial charge in [0.25, 0.3) is 0 Å². The molecule has 1 aromatic rings. The molecule has 1 aromatic heterocycles. The molecule has 0 spiro atoms. The summed E-state index contributed by atoms with van der Waals surface area (Å²) in [6, 6.07) is 0.885. The van der Waals surface area contributed by atoms with Crippen LogP contribution in [0.2, 0.25) is 0 Å². The lowest BCUT2D eigenvalue weighted by molar-refractivity contribution is 0.0114. The minimum atomic E-state index is -0.203. The molecule has 1 amide bonds. The van der Waals surface area contributed by atoms with Gasteiger partial charge in [-0.05, 0) is 45.1 Å². The van der Waals surface area contributed by atoms with E-state index in [4.69, 9.17) is 9.47 Å². The predicted octanol–water partition coefficient (Wildman–Crippen LogP) is 2.31. The minimum absolute atomic E-state index is 0.203. The number of piperidine rings is 1. The number of nitrogens with zero attached hydrogens (tertiary/aromatic N) is 5. The van der Waals surface area contributed by atoms with Gasteiger partial charge in [-0.1, -0.05) is 6.42 Å². The van der Waals surface area contributed by atoms with Gasteiger partial charge >= 0.3 is 6.09 Å². The summed E-state index contributed by atoms with van der Waals surface area (Å²) in [5, 5.41) is 9.13. The summed E-state index contributed by atoms with van der Waals surface area (Å²) in [5.74, 6) is 2.95. The number of amides is 1. The first-order chi connectivity index (χ1) is 13.8. The lowest BCUT2D eigenvalue weighted by Crippen LogP contribution is -2.45. The van der Waals surface area contributed by atoms with Crippen molar-refractivity contribution in [2.45, 2.75) is 69.5 Å². The lowest BCUT2D eigenvalue weighted by Gasteiger charge is -2.35. The van der Waals surface area contributed by atoms with E-state index >= 15 is 0 Å². The molecule has 2 saturated carbocycles. The van der Waals surface area contributed by atoms with E-state index in [0.29, 0.717) is 44.9 Å². The number of morpholine rings is 1. The summed E-state index contributed by atoms with van der Waals surface area (Å²) in [5.41, 5.74) is 0. The molecule has 2 saturated heterocycles. The number of carbonyl (C=O) groups is 1. The number of aromatic nitrogens is 3. The van der Waals surface area contributed by atoms with E-state index in [1.807, 2.05) is 0 Å². The van der Waals surface area contributed by atoms with Crippen molar-refractivity contribution in [3.8, 4) is 0 Å². The molecule has 8 nitrogen and oxygen atoms in total. The van der Waals surface area contributed by atoms with Crippen LogP contribution in [0.1, 0.15) is 68.6 Å². The van der Waals surface area contributed by atoms with Crippen LogP contribution in [0, 0.1) is 0 Å². The van der Waals surface area contributed by atoms with Crippen LogP contribution in [0.15, 0.2) is 0 Å². The van der Waals surface area contributed by atoms with Crippen LogP contribution in [-0.2, 0) is 16.0 Å². The Labute approximate surface area is 166 Å². The quantitative estimate of drug-likeness (QED) is 0.743. The fourth-order valence-corrected chi connectivity index (χ4v) is 4.44. The van der Waals surface area contributed by atoms with Crippen molar-refractivity contribution in [3.05, 3.63) is 11.6 Å². The predicted molar refractivity (Wildman–Crippen MR) is 102 cm³/mol. The van der Waals surface area contributed by atoms with Gasteiger partial charge in [-0.3, -0.25) is 4.90 Å². The van der Waals surface area contributed by atoms with E-state index in [1.165, 1.54) is 44.3 Å². The molecule has 3 heterocycles. The van der Waals surface area contributed by atoms with Crippen LogP contribution in [-0.4, -0.2) is 76.2 Å². The van der Waals surface area contributed by atoms with Gasteiger partial charge in [-0.2, -0.15) is 0 Å². The molecule has 0 N–H and O–H groups in total. The third kappa shape index (κ3) is 4.03. The number of carbonyl (C=O) groups excluding carboxylic acids is 1. The van der Waals surface area contributed by atoms with Crippen LogP contribution in [0.4, 0.5) is 4.79 Å². The maximum atomic E-state index is 12.3. The summed E-state index contributed by atoms with van der Waals surface area (Å²) in [6.45, 7) is 4.77. The normalized spacial score (nSPS) is 26.4. The average molecular weight is 390 g/mol. The van der Waals surface area contributed by atoms with E-state index in [2.05, 4.69) is 19.7 Å². The fraction of sp³-hybridized carbons (Fsp3) is 0.850. The molecule has 4 aliphatic rings. The summed E-state index contributed by atoms with van der Waals surface area (Å²) < 4.78 is 13.4. The van der Waals surface area contributed by atoms with Gasteiger partial charge in [0.1, 0.15) is 18.3 Å². The second-order valence-corrected chi connectivity index (χ2v) is 8.65. The van der Waals surface area contributed by atoms with Gasteiger partial charge < -0.3 is 18.9 Å². The SMILES string of the molecule is O=C(OCC1CCCCN1Cc1nnc(C2CC2)n1C1CC1)N1CCOCC1. The van der Waals surface area contributed by atoms with Crippen molar-refractivity contribution < 1.29 is 14.3 Å². The highest BCUT2D eigenvalue weighted by molar-refractivity contribution is 5.67. The van der Waals surface area contributed by atoms with E-state index in [-0.39, 0.29) is 12.1 Å². The Morgan fingerprint density at radius 2 is 1.86 bits per heavy atom. The first-order valence-corrected chi connectivity index (χ1v) is 11.0. The fourth-order valence-electron chi connectivity index (χ4n) is 4.44. The topological polar surface area (TPSA) is 72.7 Å². The second-order valence-electron chi connectivity index (χ2n) is 8.65. The molecule has 5 rings (SSSR count). The minimum Gasteiger partial charge on any atom is -0.448 e. The van der Waals surface area contributed by atoms with E-state index in [9.17, 15) is 4.79 Å². The average Bonchev–Trinajstić information content (AvgIpc) is 3.67. The van der Waals surface area contributed by atoms with Crippen molar-refractivity contribution >= 4 is 6.09 Å².